The number of carboxylic acid groups (broad SMARTS) is 2. The van der Waals surface area contributed by atoms with Gasteiger partial charge in [-0.1, -0.05) is 23.7 Å². The molecule has 0 bridgehead atoms. The van der Waals surface area contributed by atoms with E-state index in [-0.39, 0.29) is 38.3 Å². The number of amides is 2. The van der Waals surface area contributed by atoms with Crippen molar-refractivity contribution in [2.45, 2.75) is 0 Å². The third-order valence-corrected chi connectivity index (χ3v) is 5.45. The van der Waals surface area contributed by atoms with Crippen LogP contribution < -0.4 is 10.2 Å². The molecular formula is C23H13ClN2O7S. The van der Waals surface area contributed by atoms with E-state index < -0.39 is 23.8 Å². The number of carbonyl (C=O) groups excluding carboxylic acids is 2. The number of hydrogen-bond acceptors (Lipinski definition) is 6. The second-order valence-electron chi connectivity index (χ2n) is 7.02. The number of carboxylic acids is 2. The monoisotopic (exact) mass is 496 g/mol. The molecule has 2 aromatic carbocycles. The number of halogens is 1. The van der Waals surface area contributed by atoms with Crippen LogP contribution in [0.15, 0.2) is 64.6 Å². The number of nitrogens with one attached hydrogen (secondary N) is 1. The molecule has 34 heavy (non-hydrogen) atoms. The van der Waals surface area contributed by atoms with Gasteiger partial charge in [-0.15, -0.1) is 0 Å². The van der Waals surface area contributed by atoms with Gasteiger partial charge in [0, 0.05) is 5.56 Å². The minimum absolute atomic E-state index is 0.0240. The second-order valence-corrected chi connectivity index (χ2v) is 7.81. The highest BCUT2D eigenvalue weighted by Gasteiger charge is 2.35. The molecule has 2 heterocycles. The van der Waals surface area contributed by atoms with Gasteiger partial charge in [0.1, 0.15) is 17.1 Å². The maximum Gasteiger partial charge on any atom is 0.337 e. The van der Waals surface area contributed by atoms with Gasteiger partial charge in [-0.3, -0.25) is 19.8 Å². The van der Waals surface area contributed by atoms with Crippen molar-refractivity contribution in [2.24, 2.45) is 0 Å². The molecule has 1 saturated heterocycles. The van der Waals surface area contributed by atoms with Crippen LogP contribution in [0.4, 0.5) is 5.69 Å². The van der Waals surface area contributed by atoms with Crippen LogP contribution in [0.5, 0.6) is 0 Å². The lowest BCUT2D eigenvalue weighted by atomic mass is 10.1. The molecule has 170 valence electrons. The Labute approximate surface area is 201 Å². The summed E-state index contributed by atoms with van der Waals surface area (Å²) in [5, 5.41) is 20.6. The Morgan fingerprint density at radius 2 is 1.79 bits per heavy atom. The van der Waals surface area contributed by atoms with Crippen molar-refractivity contribution < 1.29 is 33.8 Å². The van der Waals surface area contributed by atoms with Gasteiger partial charge in [-0.2, -0.15) is 0 Å². The van der Waals surface area contributed by atoms with Gasteiger partial charge in [-0.25, -0.2) is 9.59 Å². The Morgan fingerprint density at radius 1 is 1.03 bits per heavy atom. The summed E-state index contributed by atoms with van der Waals surface area (Å²) in [5.41, 5.74) is 0.265. The van der Waals surface area contributed by atoms with Gasteiger partial charge < -0.3 is 14.6 Å². The summed E-state index contributed by atoms with van der Waals surface area (Å²) < 4.78 is 5.70. The molecule has 1 fully saturated rings. The van der Waals surface area contributed by atoms with Gasteiger partial charge in [0.25, 0.3) is 11.8 Å². The summed E-state index contributed by atoms with van der Waals surface area (Å²) in [6.45, 7) is 0. The van der Waals surface area contributed by atoms with Crippen LogP contribution in [0, 0.1) is 0 Å². The highest BCUT2D eigenvalue weighted by atomic mass is 35.5. The van der Waals surface area contributed by atoms with Gasteiger partial charge >= 0.3 is 11.9 Å². The zero-order chi connectivity index (χ0) is 24.6. The lowest BCUT2D eigenvalue weighted by molar-refractivity contribution is -0.122. The lowest BCUT2D eigenvalue weighted by Crippen LogP contribution is -2.54. The molecule has 3 N–H and O–H groups in total. The quantitative estimate of drug-likeness (QED) is 0.275. The lowest BCUT2D eigenvalue weighted by Gasteiger charge is -2.28. The number of anilines is 1. The molecule has 0 saturated carbocycles. The van der Waals surface area contributed by atoms with E-state index in [2.05, 4.69) is 5.32 Å². The summed E-state index contributed by atoms with van der Waals surface area (Å²) >= 11 is 11.1. The predicted molar refractivity (Wildman–Crippen MR) is 126 cm³/mol. The molecule has 1 aliphatic heterocycles. The molecule has 1 aliphatic rings. The van der Waals surface area contributed by atoms with Crippen molar-refractivity contribution >= 4 is 64.4 Å². The van der Waals surface area contributed by atoms with Crippen LogP contribution in [-0.4, -0.2) is 39.1 Å². The fourth-order valence-electron chi connectivity index (χ4n) is 3.24. The van der Waals surface area contributed by atoms with E-state index in [0.29, 0.717) is 11.3 Å². The minimum Gasteiger partial charge on any atom is -0.478 e. The van der Waals surface area contributed by atoms with Crippen LogP contribution in [0.1, 0.15) is 26.5 Å². The Morgan fingerprint density at radius 3 is 2.47 bits per heavy atom. The Hall–Kier alpha value is -4.28. The van der Waals surface area contributed by atoms with Crippen LogP contribution in [0.25, 0.3) is 17.4 Å². The topological polar surface area (TPSA) is 137 Å². The van der Waals surface area contributed by atoms with Crippen molar-refractivity contribution in [1.82, 2.24) is 5.32 Å². The first-order chi connectivity index (χ1) is 16.2. The number of hydrogen-bond donors (Lipinski definition) is 3. The standard InChI is InChI=1S/C23H13ClN2O7S/c24-17-9-11(4-6-15(17)22(31)32)18-7-5-14(33-18)10-16-19(27)25-23(34)26(20(16)28)13-3-1-2-12(8-13)21(29)30/h1-10H,(H,29,30)(H,31,32)(H,25,27,34). The van der Waals surface area contributed by atoms with Gasteiger partial charge in [0.2, 0.25) is 0 Å². The number of aromatic carboxylic acids is 2. The third kappa shape index (κ3) is 4.32. The van der Waals surface area contributed by atoms with E-state index in [0.717, 1.165) is 4.90 Å². The van der Waals surface area contributed by atoms with E-state index in [9.17, 15) is 24.3 Å². The van der Waals surface area contributed by atoms with E-state index >= 15 is 0 Å². The fraction of sp³-hybridized carbons (Fsp3) is 0. The summed E-state index contributed by atoms with van der Waals surface area (Å²) in [7, 11) is 0. The summed E-state index contributed by atoms with van der Waals surface area (Å²) in [5.74, 6) is -3.36. The molecule has 0 spiro atoms. The molecule has 3 aromatic rings. The van der Waals surface area contributed by atoms with E-state index in [1.54, 1.807) is 6.07 Å². The maximum atomic E-state index is 13.1. The zero-order valence-corrected chi connectivity index (χ0v) is 18.5. The van der Waals surface area contributed by atoms with E-state index in [1.807, 2.05) is 0 Å². The fourth-order valence-corrected chi connectivity index (χ4v) is 3.78. The van der Waals surface area contributed by atoms with Crippen molar-refractivity contribution in [2.75, 3.05) is 4.90 Å². The molecule has 1 aromatic heterocycles. The number of nitrogens with zero attached hydrogens (tertiary/aromatic N) is 1. The Kier molecular flexibility index (Phi) is 6.01. The SMILES string of the molecule is O=C1NC(=S)N(c2cccc(C(=O)O)c2)C(=O)C1=Cc1ccc(-c2ccc(C(=O)O)c(Cl)c2)o1. The highest BCUT2D eigenvalue weighted by Crippen LogP contribution is 2.29. The van der Waals surface area contributed by atoms with Crippen LogP contribution >= 0.6 is 23.8 Å². The highest BCUT2D eigenvalue weighted by molar-refractivity contribution is 7.80. The normalized spacial score (nSPS) is 14.9. The number of benzene rings is 2. The number of rotatable bonds is 5. The van der Waals surface area contributed by atoms with Crippen molar-refractivity contribution in [1.29, 1.82) is 0 Å². The van der Waals surface area contributed by atoms with Crippen molar-refractivity contribution in [3.05, 3.63) is 82.1 Å². The largest absolute Gasteiger partial charge is 0.478 e. The first-order valence-corrected chi connectivity index (χ1v) is 10.3. The molecule has 0 radical (unpaired) electrons. The molecule has 4 rings (SSSR count). The smallest absolute Gasteiger partial charge is 0.337 e. The first-order valence-electron chi connectivity index (χ1n) is 9.53. The average molecular weight is 497 g/mol. The van der Waals surface area contributed by atoms with Crippen LogP contribution in [0.3, 0.4) is 0 Å². The second kappa shape index (κ2) is 8.93. The van der Waals surface area contributed by atoms with Crippen LogP contribution in [0.2, 0.25) is 5.02 Å². The number of thiocarbonyl (C=S) groups is 1. The predicted octanol–water partition coefficient (Wildman–Crippen LogP) is 3.83. The Balaban J connectivity index is 1.66. The number of furan rings is 1. The average Bonchev–Trinajstić information content (AvgIpc) is 3.25. The maximum absolute atomic E-state index is 13.1. The van der Waals surface area contributed by atoms with E-state index in [4.69, 9.17) is 33.3 Å². The number of carbonyl (C=O) groups is 4. The molecule has 11 heteroatoms. The first kappa shape index (κ1) is 22.9. The van der Waals surface area contributed by atoms with Crippen molar-refractivity contribution in [3.8, 4) is 11.3 Å². The third-order valence-electron chi connectivity index (χ3n) is 4.85. The van der Waals surface area contributed by atoms with Crippen molar-refractivity contribution in [3.63, 3.8) is 0 Å². The summed E-state index contributed by atoms with van der Waals surface area (Å²) in [6, 6.07) is 12.9. The molecule has 0 unspecified atom stereocenters. The van der Waals surface area contributed by atoms with Gasteiger partial charge in [0.05, 0.1) is 21.8 Å². The minimum atomic E-state index is -1.18. The van der Waals surface area contributed by atoms with E-state index in [1.165, 1.54) is 54.6 Å². The van der Waals surface area contributed by atoms with Crippen LogP contribution in [-0.2, 0) is 9.59 Å². The Bertz CT molecular complexity index is 1430. The summed E-state index contributed by atoms with van der Waals surface area (Å²) in [4.78, 5) is 49.0. The molecule has 9 nitrogen and oxygen atoms in total. The molecular weight excluding hydrogens is 484 g/mol. The molecule has 0 atom stereocenters. The zero-order valence-electron chi connectivity index (χ0n) is 16.9. The molecule has 0 aliphatic carbocycles. The molecule has 2 amide bonds. The van der Waals surface area contributed by atoms with Gasteiger partial charge in [0.15, 0.2) is 5.11 Å². The summed E-state index contributed by atoms with van der Waals surface area (Å²) in [6.07, 6.45) is 1.23. The van der Waals surface area contributed by atoms with Gasteiger partial charge in [-0.05, 0) is 60.8 Å².